The molecule has 0 fully saturated rings. The maximum absolute atomic E-state index is 13.1. The van der Waals surface area contributed by atoms with Crippen LogP contribution in [0.15, 0.2) is 42.5 Å². The van der Waals surface area contributed by atoms with Crippen molar-refractivity contribution in [1.29, 1.82) is 0 Å². The Morgan fingerprint density at radius 2 is 1.86 bits per heavy atom. The number of fused-ring (bicyclic) bond motifs is 1. The van der Waals surface area contributed by atoms with Gasteiger partial charge in [0.05, 0.1) is 5.52 Å². The maximum atomic E-state index is 13.1. The van der Waals surface area contributed by atoms with Crippen molar-refractivity contribution in [1.82, 2.24) is 4.57 Å². The second-order valence-electron chi connectivity index (χ2n) is 7.36. The predicted octanol–water partition coefficient (Wildman–Crippen LogP) is 5.23. The molecular weight excluding hydrogens is 372 g/mol. The largest absolute Gasteiger partial charge is 0.366 e. The molecule has 0 spiro atoms. The first-order valence-electron chi connectivity index (χ1n) is 9.57. The van der Waals surface area contributed by atoms with Crippen LogP contribution in [0.3, 0.4) is 0 Å². The number of hydrogen-bond acceptors (Lipinski definition) is 2. The molecule has 0 radical (unpaired) electrons. The topological polar surface area (TPSA) is 65.1 Å². The first kappa shape index (κ1) is 20.2. The molecule has 28 heavy (non-hydrogen) atoms. The van der Waals surface area contributed by atoms with E-state index in [1.807, 2.05) is 44.2 Å². The number of Topliss-reactive ketones (excluding diaryl/α,β-unsaturated/α-hetero) is 1. The van der Waals surface area contributed by atoms with E-state index in [-0.39, 0.29) is 11.7 Å². The van der Waals surface area contributed by atoms with Crippen molar-refractivity contribution >= 4 is 34.2 Å². The van der Waals surface area contributed by atoms with Gasteiger partial charge < -0.3 is 10.3 Å². The molecule has 0 bridgehead atoms. The highest BCUT2D eigenvalue weighted by atomic mass is 35.5. The molecule has 1 aromatic heterocycles. The molecule has 0 saturated heterocycles. The molecular formula is C23H25ClN2O2. The van der Waals surface area contributed by atoms with Gasteiger partial charge in [-0.05, 0) is 30.2 Å². The maximum Gasteiger partial charge on any atom is 0.248 e. The molecule has 1 amide bonds. The van der Waals surface area contributed by atoms with E-state index in [0.29, 0.717) is 17.1 Å². The Morgan fingerprint density at radius 3 is 2.46 bits per heavy atom. The van der Waals surface area contributed by atoms with E-state index >= 15 is 0 Å². The fourth-order valence-corrected chi connectivity index (χ4v) is 3.79. The lowest BCUT2D eigenvalue weighted by Crippen LogP contribution is -2.12. The summed E-state index contributed by atoms with van der Waals surface area (Å²) in [4.78, 5) is 24.8. The number of hydrogen-bond donors (Lipinski definition) is 1. The molecule has 4 nitrogen and oxygen atoms in total. The number of amides is 1. The Morgan fingerprint density at radius 1 is 1.14 bits per heavy atom. The van der Waals surface area contributed by atoms with E-state index in [2.05, 4.69) is 11.5 Å². The van der Waals surface area contributed by atoms with Crippen molar-refractivity contribution in [2.75, 3.05) is 0 Å². The van der Waals surface area contributed by atoms with Crippen LogP contribution in [0.5, 0.6) is 0 Å². The first-order chi connectivity index (χ1) is 13.3. The van der Waals surface area contributed by atoms with Gasteiger partial charge in [-0.25, -0.2) is 0 Å². The summed E-state index contributed by atoms with van der Waals surface area (Å²) in [5.41, 5.74) is 9.46. The SMILES string of the molecule is CCCc1c(C(=O)C(C)C)c2ccc(C(N)=O)cc2n1Cc1ccccc1Cl. The first-order valence-corrected chi connectivity index (χ1v) is 9.95. The Bertz CT molecular complexity index is 1050. The van der Waals surface area contributed by atoms with Gasteiger partial charge >= 0.3 is 0 Å². The summed E-state index contributed by atoms with van der Waals surface area (Å²) < 4.78 is 2.11. The monoisotopic (exact) mass is 396 g/mol. The Kier molecular flexibility index (Phi) is 5.90. The average molecular weight is 397 g/mol. The van der Waals surface area contributed by atoms with Crippen LogP contribution in [-0.4, -0.2) is 16.3 Å². The number of carbonyl (C=O) groups excluding carboxylic acids is 2. The Balaban J connectivity index is 2.33. The third-order valence-electron chi connectivity index (χ3n) is 5.00. The third kappa shape index (κ3) is 3.69. The van der Waals surface area contributed by atoms with E-state index in [9.17, 15) is 9.59 Å². The third-order valence-corrected chi connectivity index (χ3v) is 5.37. The van der Waals surface area contributed by atoms with E-state index in [1.54, 1.807) is 12.1 Å². The lowest BCUT2D eigenvalue weighted by atomic mass is 9.96. The summed E-state index contributed by atoms with van der Waals surface area (Å²) in [5, 5.41) is 1.54. The van der Waals surface area contributed by atoms with Gasteiger partial charge in [-0.3, -0.25) is 9.59 Å². The van der Waals surface area contributed by atoms with Gasteiger partial charge in [-0.1, -0.05) is 63.1 Å². The molecule has 0 saturated carbocycles. The smallest absolute Gasteiger partial charge is 0.248 e. The van der Waals surface area contributed by atoms with Crippen molar-refractivity contribution in [2.24, 2.45) is 11.7 Å². The molecule has 2 aromatic carbocycles. The zero-order chi connectivity index (χ0) is 20.4. The van der Waals surface area contributed by atoms with Gasteiger partial charge in [0.1, 0.15) is 0 Å². The molecule has 3 rings (SSSR count). The summed E-state index contributed by atoms with van der Waals surface area (Å²) in [6.07, 6.45) is 1.67. The standard InChI is InChI=1S/C23H25ClN2O2/c1-4-7-19-21(22(27)14(2)3)17-11-10-15(23(25)28)12-20(17)26(19)13-16-8-5-6-9-18(16)24/h5-6,8-12,14H,4,7,13H2,1-3H3,(H2,25,28). The van der Waals surface area contributed by atoms with Crippen molar-refractivity contribution < 1.29 is 9.59 Å². The molecule has 1 heterocycles. The van der Waals surface area contributed by atoms with Crippen molar-refractivity contribution in [3.63, 3.8) is 0 Å². The zero-order valence-electron chi connectivity index (χ0n) is 16.5. The molecule has 0 atom stereocenters. The molecule has 2 N–H and O–H groups in total. The van der Waals surface area contributed by atoms with E-state index in [1.165, 1.54) is 0 Å². The van der Waals surface area contributed by atoms with Crippen LogP contribution < -0.4 is 5.73 Å². The van der Waals surface area contributed by atoms with Crippen LogP contribution in [0.1, 0.15) is 59.2 Å². The number of primary amides is 1. The van der Waals surface area contributed by atoms with E-state index in [4.69, 9.17) is 17.3 Å². The van der Waals surface area contributed by atoms with Gasteiger partial charge in [-0.2, -0.15) is 0 Å². The number of ketones is 1. The highest BCUT2D eigenvalue weighted by molar-refractivity contribution is 6.31. The van der Waals surface area contributed by atoms with Crippen LogP contribution in [0.4, 0.5) is 0 Å². The molecule has 0 unspecified atom stereocenters. The second kappa shape index (κ2) is 8.19. The van der Waals surface area contributed by atoms with Crippen LogP contribution in [-0.2, 0) is 13.0 Å². The average Bonchev–Trinajstić information content (AvgIpc) is 2.95. The number of halogens is 1. The quantitative estimate of drug-likeness (QED) is 0.555. The highest BCUT2D eigenvalue weighted by Gasteiger charge is 2.24. The van der Waals surface area contributed by atoms with Crippen LogP contribution in [0, 0.1) is 5.92 Å². The number of aromatic nitrogens is 1. The molecule has 0 aliphatic rings. The fraction of sp³-hybridized carbons (Fsp3) is 0.304. The molecule has 0 aliphatic carbocycles. The fourth-order valence-electron chi connectivity index (χ4n) is 3.59. The van der Waals surface area contributed by atoms with Gasteiger partial charge in [0.2, 0.25) is 5.91 Å². The van der Waals surface area contributed by atoms with E-state index < -0.39 is 5.91 Å². The molecule has 146 valence electrons. The second-order valence-corrected chi connectivity index (χ2v) is 7.77. The van der Waals surface area contributed by atoms with Crippen molar-refractivity contribution in [2.45, 2.75) is 40.2 Å². The molecule has 5 heteroatoms. The summed E-state index contributed by atoms with van der Waals surface area (Å²) >= 11 is 6.40. The lowest BCUT2D eigenvalue weighted by molar-refractivity contribution is 0.0939. The number of nitrogens with two attached hydrogens (primary N) is 1. The van der Waals surface area contributed by atoms with E-state index in [0.717, 1.165) is 40.6 Å². The number of benzene rings is 2. The van der Waals surface area contributed by atoms with Gasteiger partial charge in [-0.15, -0.1) is 0 Å². The number of rotatable bonds is 7. The Hall–Kier alpha value is -2.59. The highest BCUT2D eigenvalue weighted by Crippen LogP contribution is 2.32. The summed E-state index contributed by atoms with van der Waals surface area (Å²) in [5.74, 6) is -0.495. The number of nitrogens with zero attached hydrogens (tertiary/aromatic N) is 1. The minimum Gasteiger partial charge on any atom is -0.366 e. The lowest BCUT2D eigenvalue weighted by Gasteiger charge is -2.13. The van der Waals surface area contributed by atoms with Gasteiger partial charge in [0.15, 0.2) is 5.78 Å². The molecule has 3 aromatic rings. The minimum absolute atomic E-state index is 0.109. The number of carbonyl (C=O) groups is 2. The minimum atomic E-state index is -0.485. The molecule has 0 aliphatic heterocycles. The predicted molar refractivity (Wildman–Crippen MR) is 114 cm³/mol. The van der Waals surface area contributed by atoms with Gasteiger partial charge in [0, 0.05) is 39.7 Å². The summed E-state index contributed by atoms with van der Waals surface area (Å²) in [6, 6.07) is 13.0. The summed E-state index contributed by atoms with van der Waals surface area (Å²) in [6.45, 7) is 6.44. The van der Waals surface area contributed by atoms with Crippen LogP contribution >= 0.6 is 11.6 Å². The van der Waals surface area contributed by atoms with Crippen LogP contribution in [0.25, 0.3) is 10.9 Å². The van der Waals surface area contributed by atoms with Crippen molar-refractivity contribution in [3.05, 3.63) is 69.9 Å². The zero-order valence-corrected chi connectivity index (χ0v) is 17.2. The summed E-state index contributed by atoms with van der Waals surface area (Å²) in [7, 11) is 0. The Labute approximate surface area is 170 Å². The van der Waals surface area contributed by atoms with Crippen molar-refractivity contribution in [3.8, 4) is 0 Å². The normalized spacial score (nSPS) is 11.3. The van der Waals surface area contributed by atoms with Crippen LogP contribution in [0.2, 0.25) is 5.02 Å². The van der Waals surface area contributed by atoms with Gasteiger partial charge in [0.25, 0.3) is 0 Å².